The summed E-state index contributed by atoms with van der Waals surface area (Å²) in [6.45, 7) is 0. The second-order valence-corrected chi connectivity index (χ2v) is 10.5. The molecule has 3 nitrogen and oxygen atoms in total. The van der Waals surface area contributed by atoms with Crippen LogP contribution in [0.5, 0.6) is 0 Å². The van der Waals surface area contributed by atoms with Crippen LogP contribution in [0.3, 0.4) is 0 Å². The van der Waals surface area contributed by atoms with Gasteiger partial charge in [0.15, 0.2) is 0 Å². The average Bonchev–Trinajstić information content (AvgIpc) is 3.54. The number of allylic oxidation sites excluding steroid dienone is 1. The van der Waals surface area contributed by atoms with Crippen molar-refractivity contribution in [1.82, 2.24) is 4.57 Å². The molecule has 0 fully saturated rings. The van der Waals surface area contributed by atoms with Crippen LogP contribution >= 0.6 is 0 Å². The van der Waals surface area contributed by atoms with E-state index >= 15 is 0 Å². The van der Waals surface area contributed by atoms with Gasteiger partial charge in [-0.1, -0.05) is 72.8 Å². The van der Waals surface area contributed by atoms with E-state index in [0.717, 1.165) is 29.9 Å². The second kappa shape index (κ2) is 7.75. The van der Waals surface area contributed by atoms with Gasteiger partial charge in [-0.2, -0.15) is 0 Å². The van der Waals surface area contributed by atoms with Crippen molar-refractivity contribution in [3.63, 3.8) is 0 Å². The highest BCUT2D eigenvalue weighted by Crippen LogP contribution is 2.49. The number of aryl methyl sites for hydroxylation is 1. The fourth-order valence-electron chi connectivity index (χ4n) is 6.62. The van der Waals surface area contributed by atoms with E-state index in [2.05, 4.69) is 131 Å². The number of fused-ring (bicyclic) bond motifs is 8. The van der Waals surface area contributed by atoms with Crippen LogP contribution in [0.2, 0.25) is 0 Å². The highest BCUT2D eigenvalue weighted by molar-refractivity contribution is 6.16. The fourth-order valence-corrected chi connectivity index (χ4v) is 6.62. The van der Waals surface area contributed by atoms with Gasteiger partial charge in [0, 0.05) is 33.8 Å². The first-order valence-electron chi connectivity index (χ1n) is 13.6. The van der Waals surface area contributed by atoms with E-state index in [1.54, 1.807) is 0 Å². The van der Waals surface area contributed by atoms with Crippen LogP contribution in [0.1, 0.15) is 17.7 Å². The van der Waals surface area contributed by atoms with Crippen LogP contribution in [0.15, 0.2) is 120 Å². The molecule has 0 spiro atoms. The monoisotopic (exact) mass is 500 g/mol. The minimum atomic E-state index is 0.973. The lowest BCUT2D eigenvalue weighted by Gasteiger charge is -2.33. The Labute approximate surface area is 225 Å². The molecule has 0 radical (unpaired) electrons. The molecule has 0 unspecified atom stereocenters. The Morgan fingerprint density at radius 3 is 2.31 bits per heavy atom. The topological polar surface area (TPSA) is 21.3 Å². The van der Waals surface area contributed by atoms with Crippen LogP contribution in [0, 0.1) is 0 Å². The Morgan fingerprint density at radius 1 is 0.615 bits per heavy atom. The van der Waals surface area contributed by atoms with Gasteiger partial charge < -0.3 is 13.9 Å². The normalized spacial score (nSPS) is 13.8. The first kappa shape index (κ1) is 21.0. The molecule has 0 bridgehead atoms. The molecule has 184 valence electrons. The van der Waals surface area contributed by atoms with Crippen molar-refractivity contribution in [3.8, 4) is 16.8 Å². The predicted octanol–water partition coefficient (Wildman–Crippen LogP) is 9.94. The summed E-state index contributed by atoms with van der Waals surface area (Å²) < 4.78 is 8.56. The molecule has 5 aromatic carbocycles. The van der Waals surface area contributed by atoms with Crippen LogP contribution in [-0.2, 0) is 6.42 Å². The quantitative estimate of drug-likeness (QED) is 0.235. The fraction of sp³-hybridized carbons (Fsp3) is 0.0556. The number of furan rings is 1. The lowest BCUT2D eigenvalue weighted by molar-refractivity contribution is 0.546. The van der Waals surface area contributed by atoms with Crippen molar-refractivity contribution in [2.75, 3.05) is 4.90 Å². The van der Waals surface area contributed by atoms with Gasteiger partial charge in [0.05, 0.1) is 28.1 Å². The largest absolute Gasteiger partial charge is 0.460 e. The van der Waals surface area contributed by atoms with E-state index in [9.17, 15) is 0 Å². The molecule has 3 heteroatoms. The van der Waals surface area contributed by atoms with Gasteiger partial charge in [-0.05, 0) is 66.1 Å². The number of aromatic nitrogens is 1. The van der Waals surface area contributed by atoms with Gasteiger partial charge >= 0.3 is 0 Å². The molecule has 0 amide bonds. The van der Waals surface area contributed by atoms with Crippen molar-refractivity contribution in [2.24, 2.45) is 0 Å². The summed E-state index contributed by atoms with van der Waals surface area (Å²) >= 11 is 0. The lowest BCUT2D eigenvalue weighted by atomic mass is 9.98. The summed E-state index contributed by atoms with van der Waals surface area (Å²) in [5.74, 6) is 1.11. The summed E-state index contributed by atoms with van der Waals surface area (Å²) in [5, 5.41) is 3.77. The number of hydrogen-bond donors (Lipinski definition) is 0. The zero-order valence-corrected chi connectivity index (χ0v) is 21.3. The maximum atomic E-state index is 6.13. The van der Waals surface area contributed by atoms with E-state index < -0.39 is 0 Å². The molecule has 0 N–H and O–H groups in total. The standard InChI is InChI=1S/C36H24N2O/c1-3-11-30-26(8-1)28-10-7-14-33-36(28)38(30)32-13-5-4-12-31(32)37(33)25-19-16-23(17-20-25)24-18-21-35-29(22-24)27-9-2-6-15-34(27)39-35/h1-5,7-14,16-22H,6,15H2. The summed E-state index contributed by atoms with van der Waals surface area (Å²) in [4.78, 5) is 2.40. The third-order valence-electron chi connectivity index (χ3n) is 8.36. The maximum absolute atomic E-state index is 6.13. The molecule has 2 aliphatic rings. The highest BCUT2D eigenvalue weighted by atomic mass is 16.3. The lowest BCUT2D eigenvalue weighted by Crippen LogP contribution is -2.17. The molecular weight excluding hydrogens is 476 g/mol. The summed E-state index contributed by atoms with van der Waals surface area (Å²) in [6.07, 6.45) is 6.49. The number of nitrogens with zero attached hydrogens (tertiary/aromatic N) is 2. The maximum Gasteiger partial charge on any atom is 0.134 e. The average molecular weight is 501 g/mol. The van der Waals surface area contributed by atoms with Gasteiger partial charge in [-0.3, -0.25) is 0 Å². The Morgan fingerprint density at radius 2 is 1.38 bits per heavy atom. The molecule has 7 aromatic rings. The summed E-state index contributed by atoms with van der Waals surface area (Å²) in [6, 6.07) is 39.6. The van der Waals surface area contributed by atoms with Gasteiger partial charge in [-0.25, -0.2) is 0 Å². The molecule has 0 atom stereocenters. The molecule has 0 saturated heterocycles. The van der Waals surface area contributed by atoms with Crippen LogP contribution < -0.4 is 4.90 Å². The molecule has 2 aromatic heterocycles. The molecule has 0 saturated carbocycles. The molecular formula is C36H24N2O. The van der Waals surface area contributed by atoms with Gasteiger partial charge in [0.2, 0.25) is 0 Å². The molecule has 1 aliphatic heterocycles. The Balaban J connectivity index is 1.21. The van der Waals surface area contributed by atoms with E-state index in [1.807, 2.05) is 0 Å². The third kappa shape index (κ3) is 2.87. The van der Waals surface area contributed by atoms with Crippen molar-refractivity contribution >= 4 is 55.9 Å². The summed E-state index contributed by atoms with van der Waals surface area (Å²) in [5.41, 5.74) is 11.9. The zero-order valence-electron chi connectivity index (χ0n) is 21.3. The molecule has 9 rings (SSSR count). The predicted molar refractivity (Wildman–Crippen MR) is 162 cm³/mol. The van der Waals surface area contributed by atoms with Crippen molar-refractivity contribution < 1.29 is 4.42 Å². The second-order valence-electron chi connectivity index (χ2n) is 10.5. The zero-order chi connectivity index (χ0) is 25.5. The van der Waals surface area contributed by atoms with E-state index in [4.69, 9.17) is 4.42 Å². The number of anilines is 3. The highest BCUT2D eigenvalue weighted by Gasteiger charge is 2.28. The van der Waals surface area contributed by atoms with Crippen LogP contribution in [0.25, 0.3) is 55.7 Å². The van der Waals surface area contributed by atoms with Crippen LogP contribution in [-0.4, -0.2) is 4.57 Å². The first-order chi connectivity index (χ1) is 19.3. The molecule has 1 aliphatic carbocycles. The Hall–Kier alpha value is -5.02. The number of para-hydroxylation sites is 4. The van der Waals surface area contributed by atoms with Crippen molar-refractivity contribution in [1.29, 1.82) is 0 Å². The number of rotatable bonds is 2. The van der Waals surface area contributed by atoms with E-state index in [-0.39, 0.29) is 0 Å². The van der Waals surface area contributed by atoms with E-state index in [0.29, 0.717) is 0 Å². The van der Waals surface area contributed by atoms with Crippen molar-refractivity contribution in [3.05, 3.63) is 127 Å². The summed E-state index contributed by atoms with van der Waals surface area (Å²) in [7, 11) is 0. The van der Waals surface area contributed by atoms with Crippen molar-refractivity contribution in [2.45, 2.75) is 12.8 Å². The Kier molecular flexibility index (Phi) is 4.17. The van der Waals surface area contributed by atoms with Gasteiger partial charge in [0.25, 0.3) is 0 Å². The van der Waals surface area contributed by atoms with E-state index in [1.165, 1.54) is 60.9 Å². The minimum absolute atomic E-state index is 0.973. The smallest absolute Gasteiger partial charge is 0.134 e. The third-order valence-corrected chi connectivity index (χ3v) is 8.36. The molecule has 3 heterocycles. The van der Waals surface area contributed by atoms with Crippen LogP contribution in [0.4, 0.5) is 17.1 Å². The molecule has 39 heavy (non-hydrogen) atoms. The first-order valence-corrected chi connectivity index (χ1v) is 13.6. The SMILES string of the molecule is C1=Cc2c(oc3ccc(-c4ccc(N5c6ccccc6-n6c7ccccc7c7cccc5c76)cc4)cc23)CC1. The number of benzene rings is 5. The number of hydrogen-bond acceptors (Lipinski definition) is 2. The Bertz CT molecular complexity index is 2120. The minimum Gasteiger partial charge on any atom is -0.460 e. The van der Waals surface area contributed by atoms with Gasteiger partial charge in [0.1, 0.15) is 11.3 Å². The van der Waals surface area contributed by atoms with Gasteiger partial charge in [-0.15, -0.1) is 0 Å².